The number of likely N-dealkylation sites (N-methyl/N-ethyl adjacent to an activating group) is 2. The Bertz CT molecular complexity index is 2890. The fourth-order valence-corrected chi connectivity index (χ4v) is 9.47. The lowest BCUT2D eigenvalue weighted by molar-refractivity contribution is 0.148. The van der Waals surface area contributed by atoms with E-state index >= 15 is 0 Å². The van der Waals surface area contributed by atoms with Gasteiger partial charge in [0.1, 0.15) is 19.8 Å². The standard InChI is InChI=1S/C24H30ClN7O2S.C19H19Cl2N5O2S.C5H12N2/c1-30(2)35(33,34)22-7-5-4-6-21(22)28-23-20(25)16-26-24(29-23)27-19-10-8-18(9-11-19)17-32-14-12-31(3)13-15-32;1-26(2)29(27,28)17-6-4-3-5-16(17)24-18-15(21)12-22-19(25-18)23-14-9-7-13(11-20)8-10-14;1-7-4-2-6-3-5-7/h4-11,16H,12-15,17H2,1-3H3,(H2,26,27,28,29);3-10,12H,11H2,1-2H3,(H2,22,23,24,25);6H,2-5H2,1H3. The van der Waals surface area contributed by atoms with Gasteiger partial charge in [-0.2, -0.15) is 9.97 Å². The molecule has 0 saturated carbocycles. The first kappa shape index (κ1) is 55.1. The van der Waals surface area contributed by atoms with Crippen molar-refractivity contribution in [2.75, 3.05) is 116 Å². The maximum absolute atomic E-state index is 12.7. The van der Waals surface area contributed by atoms with E-state index in [9.17, 15) is 16.8 Å². The van der Waals surface area contributed by atoms with Crippen molar-refractivity contribution in [2.24, 2.45) is 0 Å². The molecule has 2 saturated heterocycles. The number of sulfonamides is 2. The van der Waals surface area contributed by atoms with Gasteiger partial charge in [0.2, 0.25) is 31.9 Å². The second kappa shape index (κ2) is 25.9. The Hall–Kier alpha value is -5.23. The molecule has 2 aromatic heterocycles. The van der Waals surface area contributed by atoms with Crippen LogP contribution in [0, 0.1) is 0 Å². The number of alkyl halides is 1. The van der Waals surface area contributed by atoms with Crippen molar-refractivity contribution in [1.82, 2.24) is 48.6 Å². The Morgan fingerprint density at radius 1 is 0.563 bits per heavy atom. The summed E-state index contributed by atoms with van der Waals surface area (Å²) in [6.07, 6.45) is 2.92. The number of benzene rings is 4. The van der Waals surface area contributed by atoms with E-state index in [0.29, 0.717) is 35.0 Å². The molecule has 0 atom stereocenters. The molecule has 6 aromatic rings. The molecule has 8 rings (SSSR count). The molecule has 0 spiro atoms. The summed E-state index contributed by atoms with van der Waals surface area (Å²) in [6.45, 7) is 10.0. The molecule has 380 valence electrons. The van der Waals surface area contributed by atoms with Crippen molar-refractivity contribution in [3.63, 3.8) is 0 Å². The van der Waals surface area contributed by atoms with Crippen LogP contribution in [0.3, 0.4) is 0 Å². The number of anilines is 8. The summed E-state index contributed by atoms with van der Waals surface area (Å²) in [4.78, 5) is 24.7. The molecule has 2 fully saturated rings. The van der Waals surface area contributed by atoms with Gasteiger partial charge < -0.3 is 36.4 Å². The summed E-state index contributed by atoms with van der Waals surface area (Å²) >= 11 is 18.4. The average Bonchev–Trinajstić information content (AvgIpc) is 3.36. The summed E-state index contributed by atoms with van der Waals surface area (Å²) in [5.41, 5.74) is 4.60. The van der Waals surface area contributed by atoms with Crippen LogP contribution >= 0.6 is 34.8 Å². The Morgan fingerprint density at radius 3 is 1.37 bits per heavy atom. The predicted octanol–water partition coefficient (Wildman–Crippen LogP) is 7.74. The summed E-state index contributed by atoms with van der Waals surface area (Å²) in [5, 5.41) is 16.1. The van der Waals surface area contributed by atoms with Crippen molar-refractivity contribution in [1.29, 1.82) is 0 Å². The van der Waals surface area contributed by atoms with E-state index in [1.165, 1.54) is 71.4 Å². The second-order valence-corrected chi connectivity index (χ2v) is 22.3. The zero-order valence-corrected chi connectivity index (χ0v) is 44.5. The Kier molecular flexibility index (Phi) is 20.1. The summed E-state index contributed by atoms with van der Waals surface area (Å²) in [6, 6.07) is 28.9. The molecule has 18 nitrogen and oxygen atoms in total. The normalized spacial score (nSPS) is 14.7. The number of nitrogens with one attached hydrogen (secondary N) is 5. The van der Waals surface area contributed by atoms with Gasteiger partial charge in [-0.3, -0.25) is 4.90 Å². The number of piperazine rings is 2. The van der Waals surface area contributed by atoms with Gasteiger partial charge >= 0.3 is 0 Å². The number of hydrogen-bond donors (Lipinski definition) is 5. The first-order valence-corrected chi connectivity index (χ1v) is 26.8. The molecule has 2 aliphatic heterocycles. The Balaban J connectivity index is 0.000000207. The zero-order chi connectivity index (χ0) is 51.1. The highest BCUT2D eigenvalue weighted by atomic mass is 35.5. The number of nitrogens with zero attached hydrogens (tertiary/aromatic N) is 9. The van der Waals surface area contributed by atoms with Gasteiger partial charge in [0.15, 0.2) is 11.6 Å². The van der Waals surface area contributed by atoms with Crippen molar-refractivity contribution >= 4 is 101 Å². The minimum atomic E-state index is -3.65. The Morgan fingerprint density at radius 2 is 0.972 bits per heavy atom. The SMILES string of the molecule is CN(C)S(=O)(=O)c1ccccc1Nc1nc(Nc2ccc(CCl)cc2)ncc1Cl.CN1CCN(Cc2ccc(Nc3ncc(Cl)c(Nc4ccccc4S(=O)(=O)N(C)C)n3)cc2)CC1.CN1CCNCC1. The summed E-state index contributed by atoms with van der Waals surface area (Å²) in [7, 11) is 2.93. The van der Waals surface area contributed by atoms with Crippen LogP contribution in [-0.4, -0.2) is 155 Å². The molecular weight excluding hydrogens is 1010 g/mol. The van der Waals surface area contributed by atoms with Crippen LogP contribution in [0.25, 0.3) is 0 Å². The Labute approximate surface area is 432 Å². The third-order valence-electron chi connectivity index (χ3n) is 11.2. The lowest BCUT2D eigenvalue weighted by atomic mass is 10.2. The zero-order valence-electron chi connectivity index (χ0n) is 40.6. The number of hydrogen-bond acceptors (Lipinski definition) is 16. The van der Waals surface area contributed by atoms with Gasteiger partial charge in [-0.1, -0.05) is 71.7 Å². The highest BCUT2D eigenvalue weighted by Crippen LogP contribution is 2.32. The average molecular weight is 1070 g/mol. The number of rotatable bonds is 15. The maximum atomic E-state index is 12.7. The van der Waals surface area contributed by atoms with Crippen molar-refractivity contribution in [3.8, 4) is 0 Å². The molecule has 5 N–H and O–H groups in total. The minimum absolute atomic E-state index is 0.117. The number of halogens is 3. The van der Waals surface area contributed by atoms with Gasteiger partial charge in [0, 0.05) is 104 Å². The molecule has 71 heavy (non-hydrogen) atoms. The molecule has 0 amide bonds. The first-order valence-electron chi connectivity index (χ1n) is 22.6. The van der Waals surface area contributed by atoms with Crippen LogP contribution in [0.1, 0.15) is 11.1 Å². The van der Waals surface area contributed by atoms with E-state index in [4.69, 9.17) is 34.8 Å². The smallest absolute Gasteiger partial charge is 0.244 e. The fraction of sp³-hybridized carbons (Fsp3) is 0.333. The fourth-order valence-electron chi connectivity index (χ4n) is 6.94. The third kappa shape index (κ3) is 15.9. The molecule has 0 unspecified atom stereocenters. The van der Waals surface area contributed by atoms with E-state index in [1.807, 2.05) is 36.4 Å². The van der Waals surface area contributed by atoms with Gasteiger partial charge in [-0.15, -0.1) is 11.6 Å². The monoisotopic (exact) mass is 1070 g/mol. The molecule has 4 heterocycles. The topological polar surface area (TPSA) is 196 Å². The maximum Gasteiger partial charge on any atom is 0.244 e. The van der Waals surface area contributed by atoms with E-state index in [0.717, 1.165) is 71.4 Å². The van der Waals surface area contributed by atoms with Crippen LogP contribution in [0.2, 0.25) is 10.0 Å². The van der Waals surface area contributed by atoms with Crippen LogP contribution in [0.15, 0.2) is 119 Å². The van der Waals surface area contributed by atoms with Gasteiger partial charge in [-0.25, -0.2) is 35.4 Å². The van der Waals surface area contributed by atoms with Crippen LogP contribution in [0.4, 0.5) is 46.3 Å². The molecule has 0 aliphatic carbocycles. The van der Waals surface area contributed by atoms with Gasteiger partial charge in [0.05, 0.1) is 23.8 Å². The number of aromatic nitrogens is 4. The second-order valence-electron chi connectivity index (χ2n) is 17.0. The highest BCUT2D eigenvalue weighted by molar-refractivity contribution is 7.89. The molecule has 2 aliphatic rings. The van der Waals surface area contributed by atoms with E-state index in [2.05, 4.69) is 87.4 Å². The quantitative estimate of drug-likeness (QED) is 0.0626. The van der Waals surface area contributed by atoms with Crippen LogP contribution in [0.5, 0.6) is 0 Å². The van der Waals surface area contributed by atoms with Gasteiger partial charge in [0.25, 0.3) is 0 Å². The summed E-state index contributed by atoms with van der Waals surface area (Å²) < 4.78 is 52.9. The lowest BCUT2D eigenvalue weighted by Crippen LogP contribution is -2.43. The van der Waals surface area contributed by atoms with E-state index in [-0.39, 0.29) is 25.7 Å². The van der Waals surface area contributed by atoms with Gasteiger partial charge in [-0.05, 0) is 73.8 Å². The van der Waals surface area contributed by atoms with Crippen LogP contribution < -0.4 is 26.6 Å². The van der Waals surface area contributed by atoms with Crippen LogP contribution in [-0.2, 0) is 32.5 Å². The molecule has 0 radical (unpaired) electrons. The van der Waals surface area contributed by atoms with E-state index in [1.54, 1.807) is 36.4 Å². The molecular formula is C48H61Cl3N14O4S2. The third-order valence-corrected chi connectivity index (χ3v) is 15.8. The minimum Gasteiger partial charge on any atom is -0.338 e. The molecule has 4 aromatic carbocycles. The largest absolute Gasteiger partial charge is 0.338 e. The number of para-hydroxylation sites is 2. The van der Waals surface area contributed by atoms with E-state index < -0.39 is 20.0 Å². The van der Waals surface area contributed by atoms with Crippen molar-refractivity contribution < 1.29 is 16.8 Å². The summed E-state index contributed by atoms with van der Waals surface area (Å²) in [5.74, 6) is 1.67. The molecule has 0 bridgehead atoms. The first-order chi connectivity index (χ1) is 33.9. The van der Waals surface area contributed by atoms with Crippen molar-refractivity contribution in [2.45, 2.75) is 22.2 Å². The lowest BCUT2D eigenvalue weighted by Gasteiger charge is -2.32. The predicted molar refractivity (Wildman–Crippen MR) is 287 cm³/mol. The molecule has 23 heteroatoms. The highest BCUT2D eigenvalue weighted by Gasteiger charge is 2.23. The van der Waals surface area contributed by atoms with Crippen molar-refractivity contribution in [3.05, 3.63) is 131 Å².